The number of carbonyl (C=O) groups excluding carboxylic acids is 1. The van der Waals surface area contributed by atoms with E-state index in [0.717, 1.165) is 0 Å². The zero-order valence-corrected chi connectivity index (χ0v) is 12.7. The van der Waals surface area contributed by atoms with Crippen molar-refractivity contribution in [3.8, 4) is 0 Å². The van der Waals surface area contributed by atoms with Gasteiger partial charge in [-0.1, -0.05) is 0 Å². The van der Waals surface area contributed by atoms with Crippen LogP contribution in [0.25, 0.3) is 0 Å². The van der Waals surface area contributed by atoms with E-state index in [1.54, 1.807) is 0 Å². The number of amides is 2. The lowest BCUT2D eigenvalue weighted by molar-refractivity contribution is 0.232. The maximum absolute atomic E-state index is 11.7. The van der Waals surface area contributed by atoms with Gasteiger partial charge in [0.25, 0.3) is 0 Å². The van der Waals surface area contributed by atoms with Crippen LogP contribution in [0.4, 0.5) is 4.79 Å². The number of urea groups is 1. The van der Waals surface area contributed by atoms with E-state index < -0.39 is 0 Å². The Bertz CT molecular complexity index is 274. The van der Waals surface area contributed by atoms with E-state index >= 15 is 0 Å². The van der Waals surface area contributed by atoms with Crippen LogP contribution in [0.2, 0.25) is 0 Å². The number of rotatable bonds is 2. The molecule has 0 aromatic carbocycles. The first kappa shape index (κ1) is 16.2. The van der Waals surface area contributed by atoms with E-state index in [1.807, 2.05) is 25.7 Å². The normalized spacial score (nSPS) is 11.6. The Morgan fingerprint density at radius 1 is 1.12 bits per heavy atom. The molecule has 0 rings (SSSR count). The Balaban J connectivity index is 4.47. The Labute approximate surface area is 110 Å². The molecule has 0 heterocycles. The van der Waals surface area contributed by atoms with Crippen LogP contribution in [0.1, 0.15) is 48.5 Å². The lowest BCUT2D eigenvalue weighted by atomic mass is 10.1. The first-order valence-electron chi connectivity index (χ1n) is 5.96. The highest BCUT2D eigenvalue weighted by Gasteiger charge is 2.20. The summed E-state index contributed by atoms with van der Waals surface area (Å²) in [5.74, 6) is 0. The molecule has 0 bridgehead atoms. The van der Waals surface area contributed by atoms with Crippen LogP contribution < -0.4 is 10.6 Å². The van der Waals surface area contributed by atoms with Crippen molar-refractivity contribution in [3.05, 3.63) is 0 Å². The van der Waals surface area contributed by atoms with E-state index in [0.29, 0.717) is 5.11 Å². The van der Waals surface area contributed by atoms with Gasteiger partial charge in [-0.3, -0.25) is 5.32 Å². The molecule has 0 spiro atoms. The predicted octanol–water partition coefficient (Wildman–Crippen LogP) is 2.49. The van der Waals surface area contributed by atoms with Gasteiger partial charge in [-0.2, -0.15) is 0 Å². The van der Waals surface area contributed by atoms with Crippen molar-refractivity contribution in [2.75, 3.05) is 0 Å². The smallest absolute Gasteiger partial charge is 0.321 e. The van der Waals surface area contributed by atoms with Crippen LogP contribution in [0.5, 0.6) is 0 Å². The highest BCUT2D eigenvalue weighted by molar-refractivity contribution is 7.80. The van der Waals surface area contributed by atoms with Gasteiger partial charge in [-0.25, -0.2) is 4.79 Å². The lowest BCUT2D eigenvalue weighted by Crippen LogP contribution is -2.54. The zero-order valence-electron chi connectivity index (χ0n) is 11.9. The maximum atomic E-state index is 11.7. The van der Waals surface area contributed by atoms with Crippen LogP contribution in [-0.2, 0) is 0 Å². The number of nitrogens with zero attached hydrogens (tertiary/aromatic N) is 1. The average Bonchev–Trinajstić information content (AvgIpc) is 1.96. The molecule has 0 atom stereocenters. The van der Waals surface area contributed by atoms with Gasteiger partial charge in [0.05, 0.1) is 0 Å². The standard InChI is InChI=1S/C12H25N3OS/c1-8(2)15(9(3)4)11(17)13-10(16)14-12(5,6)7/h8-9H,1-7H3,(H2,13,14,16,17). The van der Waals surface area contributed by atoms with E-state index in [-0.39, 0.29) is 23.7 Å². The monoisotopic (exact) mass is 259 g/mol. The molecule has 17 heavy (non-hydrogen) atoms. The van der Waals surface area contributed by atoms with E-state index in [1.165, 1.54) is 0 Å². The Morgan fingerprint density at radius 3 is 1.82 bits per heavy atom. The molecule has 5 heteroatoms. The van der Waals surface area contributed by atoms with Crippen LogP contribution in [0.15, 0.2) is 0 Å². The summed E-state index contributed by atoms with van der Waals surface area (Å²) in [5.41, 5.74) is -0.264. The molecule has 2 amide bonds. The minimum atomic E-state index is -0.264. The van der Waals surface area contributed by atoms with Crippen molar-refractivity contribution in [2.45, 2.75) is 66.1 Å². The second kappa shape index (κ2) is 6.19. The van der Waals surface area contributed by atoms with Crippen molar-refractivity contribution in [2.24, 2.45) is 0 Å². The fraction of sp³-hybridized carbons (Fsp3) is 0.833. The van der Waals surface area contributed by atoms with Gasteiger partial charge in [0.15, 0.2) is 5.11 Å². The fourth-order valence-electron chi connectivity index (χ4n) is 1.60. The Hall–Kier alpha value is -0.840. The largest absolute Gasteiger partial charge is 0.344 e. The molecule has 0 fully saturated rings. The average molecular weight is 259 g/mol. The molecule has 0 aromatic rings. The number of hydrogen-bond acceptors (Lipinski definition) is 2. The molecular weight excluding hydrogens is 234 g/mol. The quantitative estimate of drug-likeness (QED) is 0.749. The van der Waals surface area contributed by atoms with Crippen LogP contribution >= 0.6 is 12.2 Å². The van der Waals surface area contributed by atoms with Gasteiger partial charge in [-0.15, -0.1) is 0 Å². The van der Waals surface area contributed by atoms with Crippen molar-refractivity contribution in [1.82, 2.24) is 15.5 Å². The van der Waals surface area contributed by atoms with Gasteiger partial charge in [-0.05, 0) is 60.7 Å². The summed E-state index contributed by atoms with van der Waals surface area (Å²) >= 11 is 5.25. The summed E-state index contributed by atoms with van der Waals surface area (Å²) in [6, 6.07) is 0.267. The summed E-state index contributed by atoms with van der Waals surface area (Å²) in [6.07, 6.45) is 0. The molecule has 0 unspecified atom stereocenters. The minimum absolute atomic E-state index is 0.256. The topological polar surface area (TPSA) is 44.4 Å². The molecule has 2 N–H and O–H groups in total. The summed E-state index contributed by atoms with van der Waals surface area (Å²) in [7, 11) is 0. The third kappa shape index (κ3) is 6.46. The Morgan fingerprint density at radius 2 is 1.53 bits per heavy atom. The van der Waals surface area contributed by atoms with Gasteiger partial charge < -0.3 is 10.2 Å². The fourth-order valence-corrected chi connectivity index (χ4v) is 2.11. The van der Waals surface area contributed by atoms with E-state index in [4.69, 9.17) is 12.2 Å². The predicted molar refractivity (Wildman–Crippen MR) is 76.1 cm³/mol. The SMILES string of the molecule is CC(C)N(C(=S)NC(=O)NC(C)(C)C)C(C)C. The van der Waals surface area contributed by atoms with Gasteiger partial charge in [0.2, 0.25) is 0 Å². The molecule has 0 aliphatic heterocycles. The highest BCUT2D eigenvalue weighted by Crippen LogP contribution is 2.05. The molecule has 0 aliphatic rings. The summed E-state index contributed by atoms with van der Waals surface area (Å²) in [5, 5.41) is 5.99. The molecule has 0 saturated carbocycles. The van der Waals surface area contributed by atoms with E-state index in [2.05, 4.69) is 38.3 Å². The zero-order chi connectivity index (χ0) is 13.8. The van der Waals surface area contributed by atoms with Gasteiger partial charge >= 0.3 is 6.03 Å². The van der Waals surface area contributed by atoms with Crippen molar-refractivity contribution in [1.29, 1.82) is 0 Å². The Kier molecular flexibility index (Phi) is 5.88. The van der Waals surface area contributed by atoms with Crippen molar-refractivity contribution >= 4 is 23.4 Å². The molecule has 0 radical (unpaired) electrons. The van der Waals surface area contributed by atoms with Crippen molar-refractivity contribution < 1.29 is 4.79 Å². The highest BCUT2D eigenvalue weighted by atomic mass is 32.1. The van der Waals surface area contributed by atoms with Crippen LogP contribution in [0.3, 0.4) is 0 Å². The number of carbonyl (C=O) groups is 1. The summed E-state index contributed by atoms with van der Waals surface area (Å²) in [6.45, 7) is 14.0. The van der Waals surface area contributed by atoms with Gasteiger partial charge in [0.1, 0.15) is 0 Å². The molecule has 0 saturated heterocycles. The molecule has 4 nitrogen and oxygen atoms in total. The molecule has 0 aromatic heterocycles. The van der Waals surface area contributed by atoms with Crippen LogP contribution in [0, 0.1) is 0 Å². The maximum Gasteiger partial charge on any atom is 0.321 e. The first-order chi connectivity index (χ1) is 7.54. The van der Waals surface area contributed by atoms with Crippen LogP contribution in [-0.4, -0.2) is 33.7 Å². The van der Waals surface area contributed by atoms with Gasteiger partial charge in [0, 0.05) is 17.6 Å². The molecule has 100 valence electrons. The third-order valence-electron chi connectivity index (χ3n) is 2.06. The minimum Gasteiger partial charge on any atom is -0.344 e. The lowest BCUT2D eigenvalue weighted by Gasteiger charge is -2.33. The van der Waals surface area contributed by atoms with E-state index in [9.17, 15) is 4.79 Å². The number of thiocarbonyl (C=S) groups is 1. The number of nitrogens with one attached hydrogen (secondary N) is 2. The number of hydrogen-bond donors (Lipinski definition) is 2. The molecule has 0 aliphatic carbocycles. The summed E-state index contributed by atoms with van der Waals surface area (Å²) < 4.78 is 0. The first-order valence-corrected chi connectivity index (χ1v) is 6.37. The second-order valence-corrected chi connectivity index (χ2v) is 6.12. The molecular formula is C12H25N3OS. The second-order valence-electron chi connectivity index (χ2n) is 5.73. The van der Waals surface area contributed by atoms with Crippen molar-refractivity contribution in [3.63, 3.8) is 0 Å². The summed E-state index contributed by atoms with van der Waals surface area (Å²) in [4.78, 5) is 13.7. The third-order valence-corrected chi connectivity index (χ3v) is 2.37.